The van der Waals surface area contributed by atoms with Crippen molar-refractivity contribution < 1.29 is 9.53 Å². The van der Waals surface area contributed by atoms with Crippen LogP contribution in [0.5, 0.6) is 0 Å². The van der Waals surface area contributed by atoms with Gasteiger partial charge >= 0.3 is 5.97 Å². The lowest BCUT2D eigenvalue weighted by Gasteiger charge is -2.06. The van der Waals surface area contributed by atoms with Gasteiger partial charge in [0.2, 0.25) is 0 Å². The molecule has 2 aromatic heterocycles. The smallest absolute Gasteiger partial charge is 0.355 e. The molecule has 0 spiro atoms. The number of rotatable bonds is 3. The van der Waals surface area contributed by atoms with E-state index in [4.69, 9.17) is 4.74 Å². The maximum Gasteiger partial charge on any atom is 0.355 e. The highest BCUT2D eigenvalue weighted by Gasteiger charge is 2.16. The maximum absolute atomic E-state index is 11.7. The molecule has 0 saturated carbocycles. The number of carbonyl (C=O) groups is 1. The lowest BCUT2D eigenvalue weighted by molar-refractivity contribution is 0.0514. The van der Waals surface area contributed by atoms with Gasteiger partial charge in [-0.1, -0.05) is 0 Å². The van der Waals surface area contributed by atoms with Gasteiger partial charge in [-0.3, -0.25) is 0 Å². The molecule has 86 valence electrons. The minimum atomic E-state index is -0.231. The van der Waals surface area contributed by atoms with E-state index in [1.165, 1.54) is 4.88 Å². The van der Waals surface area contributed by atoms with E-state index in [0.29, 0.717) is 12.3 Å². The quantitative estimate of drug-likeness (QED) is 0.768. The molecule has 0 atom stereocenters. The van der Waals surface area contributed by atoms with Gasteiger partial charge in [0, 0.05) is 11.4 Å². The van der Waals surface area contributed by atoms with Gasteiger partial charge in [-0.25, -0.2) is 4.79 Å². The number of esters is 1. The summed E-state index contributed by atoms with van der Waals surface area (Å²) >= 11 is 1.71. The summed E-state index contributed by atoms with van der Waals surface area (Å²) in [6.07, 6.45) is 0. The molecular formula is C12H15NO2S. The molecule has 2 aromatic rings. The van der Waals surface area contributed by atoms with Gasteiger partial charge in [0.15, 0.2) is 0 Å². The summed E-state index contributed by atoms with van der Waals surface area (Å²) in [4.78, 5) is 13.0. The fourth-order valence-electron chi connectivity index (χ4n) is 1.88. The highest BCUT2D eigenvalue weighted by molar-refractivity contribution is 7.19. The Bertz CT molecular complexity index is 524. The van der Waals surface area contributed by atoms with Crippen LogP contribution in [0.1, 0.15) is 29.2 Å². The monoisotopic (exact) mass is 237 g/mol. The highest BCUT2D eigenvalue weighted by Crippen LogP contribution is 2.28. The minimum absolute atomic E-state index is 0.231. The lowest BCUT2D eigenvalue weighted by Crippen LogP contribution is -2.11. The first-order chi connectivity index (χ1) is 7.67. The van der Waals surface area contributed by atoms with Crippen LogP contribution in [-0.4, -0.2) is 17.1 Å². The van der Waals surface area contributed by atoms with E-state index in [-0.39, 0.29) is 5.97 Å². The SMILES string of the molecule is CCOC(=O)c1cc2sc(C)cc2n1CC. The Hall–Kier alpha value is -1.29. The number of hydrogen-bond acceptors (Lipinski definition) is 3. The van der Waals surface area contributed by atoms with E-state index < -0.39 is 0 Å². The number of carbonyl (C=O) groups excluding carboxylic acids is 1. The summed E-state index contributed by atoms with van der Waals surface area (Å²) in [5.74, 6) is -0.231. The predicted molar refractivity (Wildman–Crippen MR) is 66.2 cm³/mol. The molecule has 16 heavy (non-hydrogen) atoms. The predicted octanol–water partition coefficient (Wildman–Crippen LogP) is 3.21. The van der Waals surface area contributed by atoms with Crippen molar-refractivity contribution in [3.63, 3.8) is 0 Å². The Morgan fingerprint density at radius 2 is 2.19 bits per heavy atom. The number of aromatic nitrogens is 1. The molecule has 0 bridgehead atoms. The molecule has 0 N–H and O–H groups in total. The molecule has 0 aliphatic heterocycles. The van der Waals surface area contributed by atoms with Gasteiger partial charge in [0.25, 0.3) is 0 Å². The molecule has 0 aromatic carbocycles. The molecule has 0 aliphatic carbocycles. The molecule has 0 saturated heterocycles. The average molecular weight is 237 g/mol. The van der Waals surface area contributed by atoms with Crippen molar-refractivity contribution in [2.24, 2.45) is 0 Å². The molecule has 2 rings (SSSR count). The van der Waals surface area contributed by atoms with Crippen LogP contribution in [0.2, 0.25) is 0 Å². The van der Waals surface area contributed by atoms with Gasteiger partial charge in [0.1, 0.15) is 5.69 Å². The topological polar surface area (TPSA) is 31.2 Å². The van der Waals surface area contributed by atoms with Crippen LogP contribution in [0, 0.1) is 6.92 Å². The summed E-state index contributed by atoms with van der Waals surface area (Å²) in [5, 5.41) is 0. The maximum atomic E-state index is 11.7. The first-order valence-corrected chi connectivity index (χ1v) is 6.25. The zero-order valence-corrected chi connectivity index (χ0v) is 10.6. The molecule has 0 aliphatic rings. The second kappa shape index (κ2) is 4.29. The summed E-state index contributed by atoms with van der Waals surface area (Å²) in [6.45, 7) is 7.14. The number of thiophene rings is 1. The van der Waals surface area contributed by atoms with Crippen LogP contribution in [0.3, 0.4) is 0 Å². The van der Waals surface area contributed by atoms with Crippen molar-refractivity contribution >= 4 is 27.5 Å². The van der Waals surface area contributed by atoms with E-state index in [2.05, 4.69) is 13.0 Å². The zero-order valence-electron chi connectivity index (χ0n) is 9.74. The molecule has 0 unspecified atom stereocenters. The third-order valence-electron chi connectivity index (χ3n) is 2.51. The second-order valence-corrected chi connectivity index (χ2v) is 4.89. The number of hydrogen-bond donors (Lipinski definition) is 0. The zero-order chi connectivity index (χ0) is 11.7. The molecule has 0 amide bonds. The van der Waals surface area contributed by atoms with Gasteiger partial charge in [-0.2, -0.15) is 0 Å². The normalized spacial score (nSPS) is 10.9. The van der Waals surface area contributed by atoms with E-state index in [1.807, 2.05) is 24.5 Å². The fraction of sp³-hybridized carbons (Fsp3) is 0.417. The third-order valence-corrected chi connectivity index (χ3v) is 3.50. The number of fused-ring (bicyclic) bond motifs is 1. The first kappa shape index (κ1) is 11.2. The van der Waals surface area contributed by atoms with Crippen LogP contribution in [0.15, 0.2) is 12.1 Å². The Kier molecular flexibility index (Phi) is 3.01. The molecule has 2 heterocycles. The Morgan fingerprint density at radius 1 is 1.44 bits per heavy atom. The largest absolute Gasteiger partial charge is 0.461 e. The van der Waals surface area contributed by atoms with Crippen LogP contribution >= 0.6 is 11.3 Å². The lowest BCUT2D eigenvalue weighted by atomic mass is 10.4. The molecular weight excluding hydrogens is 222 g/mol. The second-order valence-electron chi connectivity index (χ2n) is 3.60. The first-order valence-electron chi connectivity index (χ1n) is 5.44. The summed E-state index contributed by atoms with van der Waals surface area (Å²) in [7, 11) is 0. The highest BCUT2D eigenvalue weighted by atomic mass is 32.1. The van der Waals surface area contributed by atoms with Crippen LogP contribution in [0.25, 0.3) is 10.2 Å². The number of aryl methyl sites for hydroxylation is 2. The fourth-order valence-corrected chi connectivity index (χ4v) is 2.84. The van der Waals surface area contributed by atoms with Gasteiger partial charge in [0.05, 0.1) is 16.8 Å². The van der Waals surface area contributed by atoms with E-state index in [1.54, 1.807) is 11.3 Å². The van der Waals surface area contributed by atoms with E-state index in [0.717, 1.165) is 16.8 Å². The molecule has 4 heteroatoms. The summed E-state index contributed by atoms with van der Waals surface area (Å²) in [6, 6.07) is 4.04. The van der Waals surface area contributed by atoms with E-state index >= 15 is 0 Å². The van der Waals surface area contributed by atoms with Crippen molar-refractivity contribution in [3.05, 3.63) is 22.7 Å². The average Bonchev–Trinajstić information content (AvgIpc) is 2.73. The summed E-state index contributed by atoms with van der Waals surface area (Å²) in [5.41, 5.74) is 1.79. The van der Waals surface area contributed by atoms with Crippen LogP contribution < -0.4 is 0 Å². The van der Waals surface area contributed by atoms with Gasteiger partial charge in [-0.05, 0) is 32.9 Å². The Balaban J connectivity index is 2.53. The Labute approximate surface area is 98.6 Å². The third kappa shape index (κ3) is 1.73. The molecule has 3 nitrogen and oxygen atoms in total. The summed E-state index contributed by atoms with van der Waals surface area (Å²) < 4.78 is 8.21. The van der Waals surface area contributed by atoms with Crippen LogP contribution in [-0.2, 0) is 11.3 Å². The molecule has 0 fully saturated rings. The van der Waals surface area contributed by atoms with Crippen molar-refractivity contribution in [1.29, 1.82) is 0 Å². The van der Waals surface area contributed by atoms with Gasteiger partial charge in [-0.15, -0.1) is 11.3 Å². The number of ether oxygens (including phenoxy) is 1. The Morgan fingerprint density at radius 3 is 2.81 bits per heavy atom. The van der Waals surface area contributed by atoms with Crippen LogP contribution in [0.4, 0.5) is 0 Å². The standard InChI is InChI=1S/C12H15NO2S/c1-4-13-9-6-8(3)16-11(9)7-10(13)12(14)15-5-2/h6-7H,4-5H2,1-3H3. The van der Waals surface area contributed by atoms with Crippen molar-refractivity contribution in [2.45, 2.75) is 27.3 Å². The minimum Gasteiger partial charge on any atom is -0.461 e. The van der Waals surface area contributed by atoms with Crippen molar-refractivity contribution in [3.8, 4) is 0 Å². The molecule has 0 radical (unpaired) electrons. The number of nitrogens with zero attached hydrogens (tertiary/aromatic N) is 1. The van der Waals surface area contributed by atoms with Crippen molar-refractivity contribution in [2.75, 3.05) is 6.61 Å². The van der Waals surface area contributed by atoms with Gasteiger partial charge < -0.3 is 9.30 Å². The van der Waals surface area contributed by atoms with E-state index in [9.17, 15) is 4.79 Å². The van der Waals surface area contributed by atoms with Crippen molar-refractivity contribution in [1.82, 2.24) is 4.57 Å².